The van der Waals surface area contributed by atoms with Gasteiger partial charge in [-0.2, -0.15) is 10.4 Å². The van der Waals surface area contributed by atoms with Crippen LogP contribution in [0.5, 0.6) is 0 Å². The molecule has 3 rings (SSSR count). The van der Waals surface area contributed by atoms with Gasteiger partial charge in [-0.1, -0.05) is 12.1 Å². The molecule has 0 N–H and O–H groups in total. The molecule has 7 heteroatoms. The summed E-state index contributed by atoms with van der Waals surface area (Å²) < 4.78 is 7.19. The summed E-state index contributed by atoms with van der Waals surface area (Å²) in [5.74, 6) is -0.0791. The monoisotopic (exact) mass is 339 g/mol. The number of aryl methyl sites for hydroxylation is 1. The molecule has 0 saturated carbocycles. The van der Waals surface area contributed by atoms with E-state index >= 15 is 0 Å². The van der Waals surface area contributed by atoms with Crippen molar-refractivity contribution in [1.82, 2.24) is 19.6 Å². The van der Waals surface area contributed by atoms with Crippen LogP contribution in [-0.2, 0) is 11.8 Å². The Morgan fingerprint density at radius 3 is 2.60 bits per heavy atom. The van der Waals surface area contributed by atoms with Crippen molar-refractivity contribution in [2.45, 2.75) is 12.1 Å². The minimum Gasteiger partial charge on any atom is -0.377 e. The van der Waals surface area contributed by atoms with Gasteiger partial charge >= 0.3 is 0 Å². The first-order valence-corrected chi connectivity index (χ1v) is 8.07. The summed E-state index contributed by atoms with van der Waals surface area (Å²) in [6, 6.07) is 7.33. The molecule has 0 radical (unpaired) electrons. The molecule has 2 heterocycles. The number of amides is 1. The van der Waals surface area contributed by atoms with Crippen LogP contribution in [0, 0.1) is 11.5 Å². The lowest BCUT2D eigenvalue weighted by Crippen LogP contribution is -2.44. The summed E-state index contributed by atoms with van der Waals surface area (Å²) in [5.41, 5.74) is 2.63. The van der Waals surface area contributed by atoms with Crippen LogP contribution in [0.25, 0.3) is 11.1 Å². The number of likely N-dealkylation sites (N-methyl/N-ethyl adjacent to an activating group) is 1. The Morgan fingerprint density at radius 1 is 1.32 bits per heavy atom. The van der Waals surface area contributed by atoms with Crippen molar-refractivity contribution in [3.63, 3.8) is 0 Å². The van der Waals surface area contributed by atoms with Gasteiger partial charge in [0.15, 0.2) is 6.19 Å². The number of likely N-dealkylation sites (tertiary alicyclic amines) is 1. The molecular weight excluding hydrogens is 318 g/mol. The topological polar surface area (TPSA) is 74.4 Å². The molecule has 7 nitrogen and oxygen atoms in total. The third kappa shape index (κ3) is 3.35. The van der Waals surface area contributed by atoms with Gasteiger partial charge in [-0.05, 0) is 17.7 Å². The van der Waals surface area contributed by atoms with Gasteiger partial charge in [-0.3, -0.25) is 9.48 Å². The SMILES string of the molecule is COC1CN(C#N)CC1N(C)C(=O)c1ccc(-c2cnn(C)c2)cc1. The summed E-state index contributed by atoms with van der Waals surface area (Å²) in [7, 11) is 5.24. The summed E-state index contributed by atoms with van der Waals surface area (Å²) in [6.07, 6.45) is 5.69. The van der Waals surface area contributed by atoms with E-state index < -0.39 is 0 Å². The van der Waals surface area contributed by atoms with Crippen LogP contribution in [0.4, 0.5) is 0 Å². The number of hydrogen-bond acceptors (Lipinski definition) is 5. The number of carbonyl (C=O) groups excluding carboxylic acids is 1. The highest BCUT2D eigenvalue weighted by molar-refractivity contribution is 5.94. The Labute approximate surface area is 147 Å². The molecule has 1 aliphatic heterocycles. The van der Waals surface area contributed by atoms with Gasteiger partial charge in [0.25, 0.3) is 5.91 Å². The first-order valence-electron chi connectivity index (χ1n) is 8.07. The van der Waals surface area contributed by atoms with E-state index in [1.165, 1.54) is 0 Å². The quantitative estimate of drug-likeness (QED) is 0.786. The number of aromatic nitrogens is 2. The summed E-state index contributed by atoms with van der Waals surface area (Å²) in [4.78, 5) is 16.1. The van der Waals surface area contributed by atoms with E-state index in [4.69, 9.17) is 10.00 Å². The molecule has 1 aliphatic rings. The van der Waals surface area contributed by atoms with Crippen molar-refractivity contribution < 1.29 is 9.53 Å². The summed E-state index contributed by atoms with van der Waals surface area (Å²) in [5, 5.41) is 13.2. The zero-order chi connectivity index (χ0) is 18.0. The maximum atomic E-state index is 12.8. The van der Waals surface area contributed by atoms with Crippen molar-refractivity contribution >= 4 is 5.91 Å². The minimum absolute atomic E-state index is 0.0791. The second kappa shape index (κ2) is 6.95. The van der Waals surface area contributed by atoms with E-state index in [-0.39, 0.29) is 18.1 Å². The first kappa shape index (κ1) is 17.0. The smallest absolute Gasteiger partial charge is 0.253 e. The Kier molecular flexibility index (Phi) is 4.72. The van der Waals surface area contributed by atoms with Gasteiger partial charge in [-0.25, -0.2) is 0 Å². The predicted octanol–water partition coefficient (Wildman–Crippen LogP) is 1.34. The zero-order valence-corrected chi connectivity index (χ0v) is 14.6. The number of nitrogens with zero attached hydrogens (tertiary/aromatic N) is 5. The highest BCUT2D eigenvalue weighted by atomic mass is 16.5. The number of carbonyl (C=O) groups is 1. The summed E-state index contributed by atoms with van der Waals surface area (Å²) in [6.45, 7) is 1.00. The second-order valence-electron chi connectivity index (χ2n) is 6.24. The lowest BCUT2D eigenvalue weighted by atomic mass is 10.1. The number of benzene rings is 1. The fraction of sp³-hybridized carbons (Fsp3) is 0.389. The molecule has 130 valence electrons. The highest BCUT2D eigenvalue weighted by Gasteiger charge is 2.37. The van der Waals surface area contributed by atoms with Crippen molar-refractivity contribution in [1.29, 1.82) is 5.26 Å². The van der Waals surface area contributed by atoms with Gasteiger partial charge in [0.05, 0.1) is 31.4 Å². The third-order valence-electron chi connectivity index (χ3n) is 4.67. The first-order chi connectivity index (χ1) is 12.0. The molecule has 2 aromatic rings. The number of methoxy groups -OCH3 is 1. The molecule has 1 aromatic carbocycles. The van der Waals surface area contributed by atoms with Crippen LogP contribution < -0.4 is 0 Å². The van der Waals surface area contributed by atoms with Crippen LogP contribution >= 0.6 is 0 Å². The molecule has 1 amide bonds. The maximum Gasteiger partial charge on any atom is 0.253 e. The fourth-order valence-electron chi connectivity index (χ4n) is 3.17. The second-order valence-corrected chi connectivity index (χ2v) is 6.24. The average Bonchev–Trinajstić information content (AvgIpc) is 3.26. The predicted molar refractivity (Wildman–Crippen MR) is 92.5 cm³/mol. The van der Waals surface area contributed by atoms with E-state index in [1.54, 1.807) is 34.8 Å². The van der Waals surface area contributed by atoms with Crippen LogP contribution in [0.3, 0.4) is 0 Å². The normalized spacial score (nSPS) is 19.7. The van der Waals surface area contributed by atoms with E-state index in [0.29, 0.717) is 18.7 Å². The Hall–Kier alpha value is -2.85. The zero-order valence-electron chi connectivity index (χ0n) is 14.6. The van der Waals surface area contributed by atoms with Crippen molar-refractivity contribution in [2.75, 3.05) is 27.2 Å². The molecule has 25 heavy (non-hydrogen) atoms. The molecule has 1 saturated heterocycles. The number of nitriles is 1. The number of rotatable bonds is 4. The Balaban J connectivity index is 1.75. The van der Waals surface area contributed by atoms with E-state index in [0.717, 1.165) is 11.1 Å². The van der Waals surface area contributed by atoms with Gasteiger partial charge < -0.3 is 14.5 Å². The van der Waals surface area contributed by atoms with Crippen molar-refractivity contribution in [2.24, 2.45) is 7.05 Å². The van der Waals surface area contributed by atoms with Gasteiger partial charge in [0.1, 0.15) is 0 Å². The van der Waals surface area contributed by atoms with Gasteiger partial charge in [0, 0.05) is 38.5 Å². The molecule has 0 spiro atoms. The molecule has 1 aromatic heterocycles. The molecular formula is C18H21N5O2. The van der Waals surface area contributed by atoms with Gasteiger partial charge in [-0.15, -0.1) is 0 Å². The van der Waals surface area contributed by atoms with E-state index in [2.05, 4.69) is 11.3 Å². The third-order valence-corrected chi connectivity index (χ3v) is 4.67. The van der Waals surface area contributed by atoms with Crippen molar-refractivity contribution in [3.05, 3.63) is 42.2 Å². The van der Waals surface area contributed by atoms with Gasteiger partial charge in [0.2, 0.25) is 0 Å². The Morgan fingerprint density at radius 2 is 2.04 bits per heavy atom. The minimum atomic E-state index is -0.164. The molecule has 1 fully saturated rings. The summed E-state index contributed by atoms with van der Waals surface area (Å²) >= 11 is 0. The van der Waals surface area contributed by atoms with Crippen LogP contribution in [-0.4, -0.2) is 64.9 Å². The van der Waals surface area contributed by atoms with Crippen LogP contribution in [0.1, 0.15) is 10.4 Å². The van der Waals surface area contributed by atoms with Crippen molar-refractivity contribution in [3.8, 4) is 17.3 Å². The van der Waals surface area contributed by atoms with Crippen LogP contribution in [0.15, 0.2) is 36.7 Å². The largest absolute Gasteiger partial charge is 0.377 e. The number of hydrogen-bond donors (Lipinski definition) is 0. The molecule has 2 unspecified atom stereocenters. The van der Waals surface area contributed by atoms with E-state index in [9.17, 15) is 4.79 Å². The molecule has 0 aliphatic carbocycles. The standard InChI is InChI=1S/C18H21N5O2/c1-21-9-15(8-20-21)13-4-6-14(7-5-13)18(24)22(2)16-10-23(12-19)11-17(16)25-3/h4-9,16-17H,10-11H2,1-3H3. The fourth-order valence-corrected chi connectivity index (χ4v) is 3.17. The average molecular weight is 339 g/mol. The van der Waals surface area contributed by atoms with Crippen LogP contribution in [0.2, 0.25) is 0 Å². The highest BCUT2D eigenvalue weighted by Crippen LogP contribution is 2.22. The maximum absolute atomic E-state index is 12.8. The Bertz CT molecular complexity index is 793. The number of ether oxygens (including phenoxy) is 1. The lowest BCUT2D eigenvalue weighted by Gasteiger charge is -2.28. The lowest BCUT2D eigenvalue weighted by molar-refractivity contribution is 0.0418. The molecule has 0 bridgehead atoms. The van der Waals surface area contributed by atoms with E-state index in [1.807, 2.05) is 37.5 Å². The molecule has 2 atom stereocenters.